The first kappa shape index (κ1) is 14.5. The molecule has 118 valence electrons. The number of hydrogen-bond donors (Lipinski definition) is 1. The van der Waals surface area contributed by atoms with Gasteiger partial charge in [0.25, 0.3) is 0 Å². The fourth-order valence-corrected chi connectivity index (χ4v) is 2.85. The number of hydrogen-bond acceptors (Lipinski definition) is 3. The summed E-state index contributed by atoms with van der Waals surface area (Å²) in [7, 11) is 0. The molecule has 0 bridgehead atoms. The van der Waals surface area contributed by atoms with Gasteiger partial charge in [-0.1, -0.05) is 48.5 Å². The summed E-state index contributed by atoms with van der Waals surface area (Å²) in [5.74, 6) is 1.48. The van der Waals surface area contributed by atoms with Gasteiger partial charge in [0.1, 0.15) is 5.82 Å². The summed E-state index contributed by atoms with van der Waals surface area (Å²) in [6, 6.07) is 22.7. The summed E-state index contributed by atoms with van der Waals surface area (Å²) < 4.78 is 2.08. The molecule has 0 radical (unpaired) electrons. The predicted molar refractivity (Wildman–Crippen MR) is 97.3 cm³/mol. The zero-order valence-electron chi connectivity index (χ0n) is 13.4. The molecular weight excluding hydrogens is 296 g/mol. The molecule has 0 spiro atoms. The van der Waals surface area contributed by atoms with E-state index < -0.39 is 0 Å². The van der Waals surface area contributed by atoms with Crippen LogP contribution in [0.3, 0.4) is 0 Å². The Morgan fingerprint density at radius 2 is 1.71 bits per heavy atom. The van der Waals surface area contributed by atoms with Crippen LogP contribution in [0.4, 0.5) is 5.95 Å². The zero-order valence-corrected chi connectivity index (χ0v) is 13.4. The molecular formula is C20H18N4. The van der Waals surface area contributed by atoms with Crippen molar-refractivity contribution in [3.05, 3.63) is 84.7 Å². The largest absolute Gasteiger partial charge is 0.348 e. The van der Waals surface area contributed by atoms with Crippen LogP contribution in [0, 0.1) is 0 Å². The third-order valence-electron chi connectivity index (χ3n) is 4.13. The molecule has 0 fully saturated rings. The Balaban J connectivity index is 1.64. The minimum absolute atomic E-state index is 0.142. The molecule has 0 unspecified atom stereocenters. The van der Waals surface area contributed by atoms with Crippen LogP contribution in [0.1, 0.15) is 18.5 Å². The molecule has 0 aliphatic carbocycles. The molecule has 2 heterocycles. The summed E-state index contributed by atoms with van der Waals surface area (Å²) in [5.41, 5.74) is 2.34. The van der Waals surface area contributed by atoms with Crippen LogP contribution in [0.15, 0.2) is 79.1 Å². The predicted octanol–water partition coefficient (Wildman–Crippen LogP) is 4.59. The highest BCUT2D eigenvalue weighted by Crippen LogP contribution is 2.21. The molecule has 1 atom stereocenters. The first-order chi connectivity index (χ1) is 11.8. The topological polar surface area (TPSA) is 42.7 Å². The van der Waals surface area contributed by atoms with Crippen molar-refractivity contribution in [2.24, 2.45) is 0 Å². The number of benzene rings is 2. The minimum Gasteiger partial charge on any atom is -0.348 e. The second-order valence-electron chi connectivity index (χ2n) is 5.76. The van der Waals surface area contributed by atoms with Crippen LogP contribution in [-0.4, -0.2) is 14.5 Å². The highest BCUT2D eigenvalue weighted by Gasteiger charge is 2.09. The standard InChI is InChI=1S/C20H18N4/c1-15(16-7-3-2-4-8-16)22-20-21-13-11-19(23-20)24-14-12-17-9-5-6-10-18(17)24/h2-15H,1H3,(H,21,22,23)/t15-/m0/s1. The number of rotatable bonds is 4. The average Bonchev–Trinajstić information content (AvgIpc) is 3.07. The van der Waals surface area contributed by atoms with E-state index in [1.807, 2.05) is 42.6 Å². The number of fused-ring (bicyclic) bond motifs is 1. The van der Waals surface area contributed by atoms with E-state index in [1.54, 1.807) is 6.20 Å². The van der Waals surface area contributed by atoms with E-state index in [4.69, 9.17) is 0 Å². The lowest BCUT2D eigenvalue weighted by Crippen LogP contribution is -2.10. The summed E-state index contributed by atoms with van der Waals surface area (Å²) in [6.45, 7) is 2.11. The zero-order chi connectivity index (χ0) is 16.4. The van der Waals surface area contributed by atoms with Gasteiger partial charge in [-0.2, -0.15) is 4.98 Å². The number of nitrogens with one attached hydrogen (secondary N) is 1. The Bertz CT molecular complexity index is 959. The van der Waals surface area contributed by atoms with Gasteiger partial charge in [0.15, 0.2) is 0 Å². The first-order valence-corrected chi connectivity index (χ1v) is 8.02. The molecule has 4 aromatic rings. The smallest absolute Gasteiger partial charge is 0.225 e. The van der Waals surface area contributed by atoms with E-state index in [0.717, 1.165) is 11.3 Å². The van der Waals surface area contributed by atoms with Crippen LogP contribution < -0.4 is 5.32 Å². The Morgan fingerprint density at radius 1 is 0.917 bits per heavy atom. The van der Waals surface area contributed by atoms with E-state index in [0.29, 0.717) is 5.95 Å². The normalized spacial score (nSPS) is 12.2. The van der Waals surface area contributed by atoms with E-state index in [9.17, 15) is 0 Å². The van der Waals surface area contributed by atoms with Gasteiger partial charge < -0.3 is 9.88 Å². The van der Waals surface area contributed by atoms with Gasteiger partial charge >= 0.3 is 0 Å². The van der Waals surface area contributed by atoms with E-state index >= 15 is 0 Å². The monoisotopic (exact) mass is 314 g/mol. The molecule has 1 N–H and O–H groups in total. The number of nitrogens with zero attached hydrogens (tertiary/aromatic N) is 3. The van der Waals surface area contributed by atoms with Gasteiger partial charge in [0.05, 0.1) is 11.6 Å². The lowest BCUT2D eigenvalue weighted by atomic mass is 10.1. The second kappa shape index (κ2) is 6.16. The van der Waals surface area contributed by atoms with Gasteiger partial charge in [-0.15, -0.1) is 0 Å². The highest BCUT2D eigenvalue weighted by molar-refractivity contribution is 5.81. The molecule has 2 aromatic carbocycles. The van der Waals surface area contributed by atoms with Crippen molar-refractivity contribution < 1.29 is 0 Å². The molecule has 0 saturated heterocycles. The summed E-state index contributed by atoms with van der Waals surface area (Å²) in [5, 5.41) is 4.57. The number of anilines is 1. The lowest BCUT2D eigenvalue weighted by molar-refractivity contribution is 0.855. The van der Waals surface area contributed by atoms with Gasteiger partial charge in [-0.25, -0.2) is 4.98 Å². The van der Waals surface area contributed by atoms with Crippen LogP contribution >= 0.6 is 0 Å². The van der Waals surface area contributed by atoms with Gasteiger partial charge in [0, 0.05) is 12.4 Å². The highest BCUT2D eigenvalue weighted by atomic mass is 15.2. The fraction of sp³-hybridized carbons (Fsp3) is 0.100. The molecule has 4 heteroatoms. The molecule has 24 heavy (non-hydrogen) atoms. The van der Waals surface area contributed by atoms with Gasteiger partial charge in [-0.3, -0.25) is 0 Å². The summed E-state index contributed by atoms with van der Waals surface area (Å²) in [4.78, 5) is 9.03. The fourth-order valence-electron chi connectivity index (χ4n) is 2.85. The maximum atomic E-state index is 4.67. The second-order valence-corrected chi connectivity index (χ2v) is 5.76. The van der Waals surface area contributed by atoms with Crippen LogP contribution in [-0.2, 0) is 0 Å². The van der Waals surface area contributed by atoms with Crippen LogP contribution in [0.2, 0.25) is 0 Å². The van der Waals surface area contributed by atoms with Crippen LogP contribution in [0.5, 0.6) is 0 Å². The Morgan fingerprint density at radius 3 is 2.58 bits per heavy atom. The van der Waals surface area contributed by atoms with Crippen molar-refractivity contribution in [2.75, 3.05) is 5.32 Å². The maximum Gasteiger partial charge on any atom is 0.225 e. The number of para-hydroxylation sites is 1. The van der Waals surface area contributed by atoms with Gasteiger partial charge in [0.2, 0.25) is 5.95 Å². The maximum absolute atomic E-state index is 4.67. The molecule has 4 rings (SSSR count). The van der Waals surface area contributed by atoms with Crippen molar-refractivity contribution in [1.82, 2.24) is 14.5 Å². The SMILES string of the molecule is C[C@H](Nc1nccc(-n2ccc3ccccc32)n1)c1ccccc1. The molecule has 4 nitrogen and oxygen atoms in total. The van der Waals surface area contributed by atoms with Crippen molar-refractivity contribution in [1.29, 1.82) is 0 Å². The van der Waals surface area contributed by atoms with E-state index in [2.05, 4.69) is 57.1 Å². The Kier molecular flexibility index (Phi) is 3.71. The quantitative estimate of drug-likeness (QED) is 0.599. The van der Waals surface area contributed by atoms with Crippen molar-refractivity contribution in [3.63, 3.8) is 0 Å². The molecule has 0 aliphatic rings. The van der Waals surface area contributed by atoms with Crippen molar-refractivity contribution in [3.8, 4) is 5.82 Å². The third-order valence-corrected chi connectivity index (χ3v) is 4.13. The first-order valence-electron chi connectivity index (χ1n) is 8.02. The van der Waals surface area contributed by atoms with Crippen LogP contribution in [0.25, 0.3) is 16.7 Å². The molecule has 0 saturated carbocycles. The average molecular weight is 314 g/mol. The molecule has 2 aromatic heterocycles. The lowest BCUT2D eigenvalue weighted by Gasteiger charge is -2.14. The van der Waals surface area contributed by atoms with Crippen molar-refractivity contribution >= 4 is 16.9 Å². The van der Waals surface area contributed by atoms with E-state index in [-0.39, 0.29) is 6.04 Å². The van der Waals surface area contributed by atoms with E-state index in [1.165, 1.54) is 10.9 Å². The molecule has 0 aliphatic heterocycles. The van der Waals surface area contributed by atoms with Gasteiger partial charge in [-0.05, 0) is 36.1 Å². The minimum atomic E-state index is 0.142. The third kappa shape index (κ3) is 2.74. The number of aromatic nitrogens is 3. The summed E-state index contributed by atoms with van der Waals surface area (Å²) in [6.07, 6.45) is 3.83. The molecule has 0 amide bonds. The Hall–Kier alpha value is -3.14. The summed E-state index contributed by atoms with van der Waals surface area (Å²) >= 11 is 0. The van der Waals surface area contributed by atoms with Crippen molar-refractivity contribution in [2.45, 2.75) is 13.0 Å². The Labute approximate surface area is 140 Å².